The van der Waals surface area contributed by atoms with Crippen LogP contribution < -0.4 is 5.43 Å². The molecule has 126 valence electrons. The number of hydrogen-bond donors (Lipinski definition) is 2. The number of aliphatic hydroxyl groups is 2. The summed E-state index contributed by atoms with van der Waals surface area (Å²) in [6.07, 6.45) is 0.0283. The Hall–Kier alpha value is -1.72. The lowest BCUT2D eigenvalue weighted by Crippen LogP contribution is -2.74. The van der Waals surface area contributed by atoms with E-state index in [0.717, 1.165) is 22.3 Å². The predicted octanol–water partition coefficient (Wildman–Crippen LogP) is 0.584. The summed E-state index contributed by atoms with van der Waals surface area (Å²) in [5, 5.41) is 22.6. The minimum atomic E-state index is -1.34. The molecule has 5 heteroatoms. The van der Waals surface area contributed by atoms with Crippen LogP contribution in [0.25, 0.3) is 0 Å². The van der Waals surface area contributed by atoms with Crippen molar-refractivity contribution in [2.75, 3.05) is 0 Å². The van der Waals surface area contributed by atoms with E-state index in [2.05, 4.69) is 0 Å². The van der Waals surface area contributed by atoms with E-state index in [9.17, 15) is 19.8 Å². The molecule has 5 aliphatic rings. The molecule has 1 aromatic carbocycles. The minimum Gasteiger partial charge on any atom is -0.459 e. The van der Waals surface area contributed by atoms with Crippen LogP contribution in [0.5, 0.6) is 0 Å². The van der Waals surface area contributed by atoms with Gasteiger partial charge in [0.15, 0.2) is 5.43 Å². The number of hydrogen-bond acceptors (Lipinski definition) is 5. The molecule has 0 aromatic heterocycles. The third kappa shape index (κ3) is 1.26. The Morgan fingerprint density at radius 2 is 2.04 bits per heavy atom. The van der Waals surface area contributed by atoms with Crippen LogP contribution in [0, 0.1) is 24.2 Å². The normalized spacial score (nSPS) is 44.2. The van der Waals surface area contributed by atoms with E-state index in [0.29, 0.717) is 19.3 Å². The first-order valence-electron chi connectivity index (χ1n) is 8.61. The summed E-state index contributed by atoms with van der Waals surface area (Å²) in [6, 6.07) is 3.21. The number of carbonyl (C=O) groups excluding carboxylic acids is 1. The number of fused-ring (bicyclic) bond motifs is 2. The fraction of sp³-hybridized carbons (Fsp3) is 0.579. The number of aryl methyl sites for hydroxylation is 2. The molecule has 0 radical (unpaired) electrons. The SMILES string of the molecule is Cc1cc(=O)cc2c3c1CC1C4OC(=O)C(CC2)(C(C)C4O)C31O. The molecule has 2 saturated heterocycles. The van der Waals surface area contributed by atoms with Crippen LogP contribution in [0.3, 0.4) is 0 Å². The van der Waals surface area contributed by atoms with Gasteiger partial charge in [0.05, 0.1) is 6.10 Å². The van der Waals surface area contributed by atoms with Crippen LogP contribution in [-0.4, -0.2) is 28.4 Å². The molecule has 3 aliphatic carbocycles. The average Bonchev–Trinajstić information content (AvgIpc) is 2.77. The molecule has 1 saturated carbocycles. The first-order valence-corrected chi connectivity index (χ1v) is 8.61. The molecule has 3 fully saturated rings. The summed E-state index contributed by atoms with van der Waals surface area (Å²) >= 11 is 0. The van der Waals surface area contributed by atoms with E-state index in [4.69, 9.17) is 4.74 Å². The van der Waals surface area contributed by atoms with E-state index in [1.54, 1.807) is 12.1 Å². The summed E-state index contributed by atoms with van der Waals surface area (Å²) in [7, 11) is 0. The maximum Gasteiger partial charge on any atom is 0.316 e. The molecule has 2 heterocycles. The Balaban J connectivity index is 1.91. The van der Waals surface area contributed by atoms with E-state index >= 15 is 0 Å². The van der Waals surface area contributed by atoms with E-state index in [-0.39, 0.29) is 17.3 Å². The van der Waals surface area contributed by atoms with Crippen molar-refractivity contribution in [2.24, 2.45) is 17.3 Å². The molecule has 24 heavy (non-hydrogen) atoms. The summed E-state index contributed by atoms with van der Waals surface area (Å²) in [6.45, 7) is 3.72. The van der Waals surface area contributed by atoms with Crippen LogP contribution in [0.15, 0.2) is 16.9 Å². The number of rotatable bonds is 0. The van der Waals surface area contributed by atoms with Crippen LogP contribution in [0.4, 0.5) is 0 Å². The molecule has 1 aromatic rings. The van der Waals surface area contributed by atoms with Crippen LogP contribution in [0.2, 0.25) is 0 Å². The van der Waals surface area contributed by atoms with Gasteiger partial charge in [-0.1, -0.05) is 6.92 Å². The van der Waals surface area contributed by atoms with Crippen molar-refractivity contribution in [1.82, 2.24) is 0 Å². The van der Waals surface area contributed by atoms with Gasteiger partial charge in [-0.3, -0.25) is 9.59 Å². The topological polar surface area (TPSA) is 83.8 Å². The standard InChI is InChI=1S/C19H20O5/c1-8-5-11(20)6-10-3-4-18-9(2)15(21)16(24-17(18)22)13-7-12(8)14(10)19(13,18)23/h5-6,9,13,15-16,21,23H,3-4,7H2,1-2H3. The summed E-state index contributed by atoms with van der Waals surface area (Å²) in [5.41, 5.74) is 0.881. The van der Waals surface area contributed by atoms with Crippen molar-refractivity contribution in [1.29, 1.82) is 0 Å². The molecule has 6 unspecified atom stereocenters. The van der Waals surface area contributed by atoms with Crippen LogP contribution in [-0.2, 0) is 28.0 Å². The molecule has 6 atom stereocenters. The average molecular weight is 328 g/mol. The van der Waals surface area contributed by atoms with Gasteiger partial charge in [-0.2, -0.15) is 0 Å². The van der Waals surface area contributed by atoms with Crippen molar-refractivity contribution in [2.45, 2.75) is 50.9 Å². The number of ether oxygens (including phenoxy) is 1. The van der Waals surface area contributed by atoms with E-state index < -0.39 is 29.2 Å². The van der Waals surface area contributed by atoms with Crippen molar-refractivity contribution in [3.8, 4) is 0 Å². The Morgan fingerprint density at radius 1 is 1.29 bits per heavy atom. The smallest absolute Gasteiger partial charge is 0.316 e. The highest BCUT2D eigenvalue weighted by Crippen LogP contribution is 2.68. The summed E-state index contributed by atoms with van der Waals surface area (Å²) in [5.74, 6) is -1.11. The van der Waals surface area contributed by atoms with Crippen molar-refractivity contribution < 1.29 is 19.7 Å². The van der Waals surface area contributed by atoms with Crippen molar-refractivity contribution >= 4 is 5.97 Å². The first kappa shape index (κ1) is 14.6. The van der Waals surface area contributed by atoms with Gasteiger partial charge in [0.1, 0.15) is 17.1 Å². The first-order chi connectivity index (χ1) is 11.3. The van der Waals surface area contributed by atoms with E-state index in [1.807, 2.05) is 13.8 Å². The Morgan fingerprint density at radius 3 is 2.79 bits per heavy atom. The van der Waals surface area contributed by atoms with Crippen molar-refractivity contribution in [3.63, 3.8) is 0 Å². The number of aliphatic hydroxyl groups excluding tert-OH is 1. The Bertz CT molecular complexity index is 861. The highest BCUT2D eigenvalue weighted by molar-refractivity contribution is 5.84. The predicted molar refractivity (Wildman–Crippen MR) is 84.3 cm³/mol. The molecular formula is C19H20O5. The highest BCUT2D eigenvalue weighted by atomic mass is 16.6. The molecule has 6 rings (SSSR count). The summed E-state index contributed by atoms with van der Waals surface area (Å²) < 4.78 is 5.58. The second-order valence-corrected chi connectivity index (χ2v) is 7.95. The summed E-state index contributed by atoms with van der Waals surface area (Å²) in [4.78, 5) is 24.9. The molecular weight excluding hydrogens is 308 g/mol. The lowest BCUT2D eigenvalue weighted by atomic mass is 9.46. The molecule has 0 amide bonds. The Labute approximate surface area is 139 Å². The van der Waals surface area contributed by atoms with Gasteiger partial charge in [-0.05, 0) is 60.6 Å². The monoisotopic (exact) mass is 328 g/mol. The van der Waals surface area contributed by atoms with Gasteiger partial charge in [0.25, 0.3) is 0 Å². The van der Waals surface area contributed by atoms with Crippen LogP contribution >= 0.6 is 0 Å². The maximum atomic E-state index is 12.8. The molecule has 5 nitrogen and oxygen atoms in total. The molecule has 1 spiro atoms. The third-order valence-corrected chi connectivity index (χ3v) is 7.21. The zero-order valence-corrected chi connectivity index (χ0v) is 13.7. The fourth-order valence-corrected chi connectivity index (χ4v) is 6.11. The van der Waals surface area contributed by atoms with Crippen LogP contribution in [0.1, 0.15) is 35.6 Å². The van der Waals surface area contributed by atoms with Gasteiger partial charge in [0.2, 0.25) is 0 Å². The van der Waals surface area contributed by atoms with Gasteiger partial charge >= 0.3 is 5.97 Å². The van der Waals surface area contributed by atoms with Gasteiger partial charge in [-0.15, -0.1) is 0 Å². The second kappa shape index (κ2) is 4.09. The minimum absolute atomic E-state index is 0.0652. The van der Waals surface area contributed by atoms with Crippen molar-refractivity contribution in [3.05, 3.63) is 44.6 Å². The van der Waals surface area contributed by atoms with E-state index in [1.165, 1.54) is 0 Å². The molecule has 2 N–H and O–H groups in total. The largest absolute Gasteiger partial charge is 0.459 e. The molecule has 2 aliphatic heterocycles. The number of carbonyl (C=O) groups is 1. The lowest BCUT2D eigenvalue weighted by molar-refractivity contribution is -0.301. The van der Waals surface area contributed by atoms with Gasteiger partial charge in [0, 0.05) is 11.8 Å². The second-order valence-electron chi connectivity index (χ2n) is 7.95. The zero-order valence-electron chi connectivity index (χ0n) is 13.7. The quantitative estimate of drug-likeness (QED) is 0.681. The number of esters is 1. The fourth-order valence-electron chi connectivity index (χ4n) is 6.11. The third-order valence-electron chi connectivity index (χ3n) is 7.21. The zero-order chi connectivity index (χ0) is 17.0. The van der Waals surface area contributed by atoms with Gasteiger partial charge < -0.3 is 14.9 Å². The van der Waals surface area contributed by atoms with Gasteiger partial charge in [-0.25, -0.2) is 0 Å². The Kier molecular flexibility index (Phi) is 2.49. The lowest BCUT2D eigenvalue weighted by Gasteiger charge is -2.63. The maximum absolute atomic E-state index is 12.8. The molecule has 2 bridgehead atoms. The highest BCUT2D eigenvalue weighted by Gasteiger charge is 2.77.